The van der Waals surface area contributed by atoms with Gasteiger partial charge in [0.15, 0.2) is 0 Å². The fourth-order valence-corrected chi connectivity index (χ4v) is 1.32. The smallest absolute Gasteiger partial charge is 0.321 e. The maximum atomic E-state index is 9.76. The second kappa shape index (κ2) is 8.08. The maximum Gasteiger partial charge on any atom is 0.321 e. The Labute approximate surface area is 89.9 Å². The van der Waals surface area contributed by atoms with Gasteiger partial charge in [-0.2, -0.15) is 12.6 Å². The summed E-state index contributed by atoms with van der Waals surface area (Å²) in [5, 5.41) is 16.9. The Morgan fingerprint density at radius 2 is 1.93 bits per heavy atom. The van der Waals surface area contributed by atoms with E-state index >= 15 is 0 Å². The SMILES string of the molecule is N[C@@H](CS)C(=O)O.OC1CCCCC1. The minimum atomic E-state index is -1.00. The van der Waals surface area contributed by atoms with Crippen molar-refractivity contribution >= 4 is 18.6 Å². The van der Waals surface area contributed by atoms with Gasteiger partial charge in [0.2, 0.25) is 0 Å². The third-order valence-electron chi connectivity index (χ3n) is 2.09. The molecular formula is C9H19NO3S. The third-order valence-corrected chi connectivity index (χ3v) is 2.48. The molecule has 0 spiro atoms. The van der Waals surface area contributed by atoms with Crippen LogP contribution < -0.4 is 5.73 Å². The van der Waals surface area contributed by atoms with E-state index in [0.29, 0.717) is 0 Å². The van der Waals surface area contributed by atoms with E-state index in [0.717, 1.165) is 12.8 Å². The Morgan fingerprint density at radius 1 is 1.43 bits per heavy atom. The molecule has 84 valence electrons. The second-order valence-corrected chi connectivity index (χ2v) is 3.78. The average molecular weight is 221 g/mol. The molecule has 0 bridgehead atoms. The van der Waals surface area contributed by atoms with Crippen molar-refractivity contribution in [3.8, 4) is 0 Å². The number of aliphatic hydroxyl groups excluding tert-OH is 1. The first-order valence-corrected chi connectivity index (χ1v) is 5.48. The van der Waals surface area contributed by atoms with Gasteiger partial charge in [0.1, 0.15) is 6.04 Å². The van der Waals surface area contributed by atoms with Crippen molar-refractivity contribution in [2.45, 2.75) is 44.2 Å². The Kier molecular flexibility index (Phi) is 7.93. The summed E-state index contributed by atoms with van der Waals surface area (Å²) in [4.78, 5) is 9.76. The molecule has 5 heteroatoms. The van der Waals surface area contributed by atoms with E-state index in [4.69, 9.17) is 15.9 Å². The van der Waals surface area contributed by atoms with Gasteiger partial charge in [-0.05, 0) is 12.8 Å². The molecule has 0 aliphatic heterocycles. The summed E-state index contributed by atoms with van der Waals surface area (Å²) in [6.45, 7) is 0. The summed E-state index contributed by atoms with van der Waals surface area (Å²) in [5.74, 6) is -0.815. The van der Waals surface area contributed by atoms with E-state index in [1.165, 1.54) is 19.3 Å². The Balaban J connectivity index is 0.000000241. The number of thiol groups is 1. The molecule has 1 aliphatic carbocycles. The molecule has 0 aromatic rings. The topological polar surface area (TPSA) is 83.6 Å². The van der Waals surface area contributed by atoms with E-state index in [-0.39, 0.29) is 11.9 Å². The lowest BCUT2D eigenvalue weighted by molar-refractivity contribution is -0.137. The number of carboxylic acids is 1. The van der Waals surface area contributed by atoms with E-state index in [9.17, 15) is 4.79 Å². The maximum absolute atomic E-state index is 9.76. The second-order valence-electron chi connectivity index (χ2n) is 3.42. The van der Waals surface area contributed by atoms with Crippen LogP contribution in [0.5, 0.6) is 0 Å². The van der Waals surface area contributed by atoms with Gasteiger partial charge in [-0.15, -0.1) is 0 Å². The molecule has 0 radical (unpaired) electrons. The van der Waals surface area contributed by atoms with Crippen molar-refractivity contribution in [2.75, 3.05) is 5.75 Å². The Morgan fingerprint density at radius 3 is 2.07 bits per heavy atom. The van der Waals surface area contributed by atoms with Crippen LogP contribution in [0.2, 0.25) is 0 Å². The van der Waals surface area contributed by atoms with Crippen molar-refractivity contribution in [1.29, 1.82) is 0 Å². The van der Waals surface area contributed by atoms with Crippen LogP contribution in [0.3, 0.4) is 0 Å². The van der Waals surface area contributed by atoms with Crippen LogP contribution in [0.4, 0.5) is 0 Å². The Hall–Kier alpha value is -0.260. The van der Waals surface area contributed by atoms with Crippen molar-refractivity contribution in [3.63, 3.8) is 0 Å². The molecule has 0 heterocycles. The van der Waals surface area contributed by atoms with Gasteiger partial charge in [0.05, 0.1) is 6.10 Å². The summed E-state index contributed by atoms with van der Waals surface area (Å²) in [6, 6.07) is -0.816. The fourth-order valence-electron chi connectivity index (χ4n) is 1.16. The highest BCUT2D eigenvalue weighted by Gasteiger charge is 2.07. The molecule has 4 N–H and O–H groups in total. The zero-order valence-corrected chi connectivity index (χ0v) is 9.12. The number of rotatable bonds is 2. The zero-order valence-electron chi connectivity index (χ0n) is 8.22. The first-order chi connectivity index (χ1) is 6.57. The number of aliphatic hydroxyl groups is 1. The van der Waals surface area contributed by atoms with E-state index < -0.39 is 12.0 Å². The molecule has 1 atom stereocenters. The lowest BCUT2D eigenvalue weighted by atomic mass is 9.98. The van der Waals surface area contributed by atoms with Crippen LogP contribution in [-0.2, 0) is 4.79 Å². The average Bonchev–Trinajstić information content (AvgIpc) is 2.18. The minimum absolute atomic E-state index is 0.0359. The van der Waals surface area contributed by atoms with Gasteiger partial charge in [-0.25, -0.2) is 0 Å². The number of aliphatic carboxylic acids is 1. The summed E-state index contributed by atoms with van der Waals surface area (Å²) < 4.78 is 0. The van der Waals surface area contributed by atoms with Crippen molar-refractivity contribution in [2.24, 2.45) is 5.73 Å². The Bertz CT molecular complexity index is 160. The number of carboxylic acid groups (broad SMARTS) is 1. The van der Waals surface area contributed by atoms with E-state index in [2.05, 4.69) is 12.6 Å². The van der Waals surface area contributed by atoms with Gasteiger partial charge >= 0.3 is 5.97 Å². The minimum Gasteiger partial charge on any atom is -0.480 e. The van der Waals surface area contributed by atoms with Gasteiger partial charge in [-0.1, -0.05) is 19.3 Å². The number of hydrogen-bond donors (Lipinski definition) is 4. The van der Waals surface area contributed by atoms with Gasteiger partial charge in [0.25, 0.3) is 0 Å². The van der Waals surface area contributed by atoms with Gasteiger partial charge < -0.3 is 15.9 Å². The molecule has 1 rings (SSSR count). The summed E-state index contributed by atoms with van der Waals surface area (Å²) in [6.07, 6.45) is 5.92. The molecule has 0 aromatic heterocycles. The van der Waals surface area contributed by atoms with Crippen LogP contribution in [0.1, 0.15) is 32.1 Å². The van der Waals surface area contributed by atoms with Crippen LogP contribution >= 0.6 is 12.6 Å². The predicted molar refractivity (Wildman–Crippen MR) is 58.6 cm³/mol. The molecule has 14 heavy (non-hydrogen) atoms. The first kappa shape index (κ1) is 13.7. The van der Waals surface area contributed by atoms with Crippen LogP contribution in [-0.4, -0.2) is 34.1 Å². The lowest BCUT2D eigenvalue weighted by Crippen LogP contribution is -2.31. The largest absolute Gasteiger partial charge is 0.480 e. The normalized spacial score (nSPS) is 19.4. The molecule has 1 saturated carbocycles. The number of hydrogen-bond acceptors (Lipinski definition) is 4. The molecule has 0 unspecified atom stereocenters. The standard InChI is InChI=1S/C6H12O.C3H7NO2S/c7-6-4-2-1-3-5-6;4-2(1-7)3(5)6/h6-7H,1-5H2;2,7H,1,4H2,(H,5,6)/t;2-/m.0/s1. The molecular weight excluding hydrogens is 202 g/mol. The van der Waals surface area contributed by atoms with Crippen LogP contribution in [0.25, 0.3) is 0 Å². The molecule has 1 aliphatic rings. The van der Waals surface area contributed by atoms with E-state index in [1.54, 1.807) is 0 Å². The third kappa shape index (κ3) is 7.17. The highest BCUT2D eigenvalue weighted by atomic mass is 32.1. The highest BCUT2D eigenvalue weighted by molar-refractivity contribution is 7.80. The fraction of sp³-hybridized carbons (Fsp3) is 0.889. The molecule has 0 amide bonds. The van der Waals surface area contributed by atoms with Crippen LogP contribution in [0.15, 0.2) is 0 Å². The van der Waals surface area contributed by atoms with Crippen molar-refractivity contribution in [3.05, 3.63) is 0 Å². The number of nitrogens with two attached hydrogens (primary N) is 1. The number of carbonyl (C=O) groups is 1. The van der Waals surface area contributed by atoms with Crippen molar-refractivity contribution in [1.82, 2.24) is 0 Å². The quantitative estimate of drug-likeness (QED) is 0.516. The van der Waals surface area contributed by atoms with E-state index in [1.807, 2.05) is 0 Å². The van der Waals surface area contributed by atoms with Gasteiger partial charge in [-0.3, -0.25) is 4.79 Å². The summed E-state index contributed by atoms with van der Waals surface area (Å²) >= 11 is 3.65. The predicted octanol–water partition coefficient (Wildman–Crippen LogP) is 0.639. The first-order valence-electron chi connectivity index (χ1n) is 4.85. The molecule has 0 saturated heterocycles. The van der Waals surface area contributed by atoms with Crippen LogP contribution in [0, 0.1) is 0 Å². The monoisotopic (exact) mass is 221 g/mol. The summed E-state index contributed by atoms with van der Waals surface area (Å²) in [7, 11) is 0. The molecule has 1 fully saturated rings. The lowest BCUT2D eigenvalue weighted by Gasteiger charge is -2.14. The summed E-state index contributed by atoms with van der Waals surface area (Å²) in [5.41, 5.74) is 4.94. The van der Waals surface area contributed by atoms with Crippen molar-refractivity contribution < 1.29 is 15.0 Å². The molecule has 0 aromatic carbocycles. The molecule has 4 nitrogen and oxygen atoms in total. The van der Waals surface area contributed by atoms with Gasteiger partial charge in [0, 0.05) is 5.75 Å². The zero-order chi connectivity index (χ0) is 11.0. The highest BCUT2D eigenvalue weighted by Crippen LogP contribution is 2.16.